The number of aromatic amines is 1. The van der Waals surface area contributed by atoms with Gasteiger partial charge < -0.3 is 15.0 Å². The first kappa shape index (κ1) is 16.3. The number of amides is 1. The second-order valence-electron chi connectivity index (χ2n) is 6.68. The Bertz CT molecular complexity index is 772. The third kappa shape index (κ3) is 2.94. The van der Waals surface area contributed by atoms with E-state index in [9.17, 15) is 9.59 Å². The van der Waals surface area contributed by atoms with Crippen LogP contribution in [-0.4, -0.2) is 23.3 Å². The molecule has 0 aliphatic heterocycles. The summed E-state index contributed by atoms with van der Waals surface area (Å²) in [5.74, 6) is 0.510. The van der Waals surface area contributed by atoms with Gasteiger partial charge in [-0.2, -0.15) is 0 Å². The minimum absolute atomic E-state index is 0.0295. The Morgan fingerprint density at radius 2 is 2.00 bits per heavy atom. The molecular formula is C19H22N2O3. The number of nitrogens with one attached hydrogen (secondary N) is 2. The summed E-state index contributed by atoms with van der Waals surface area (Å²) in [7, 11) is 0. The van der Waals surface area contributed by atoms with Crippen LogP contribution < -0.4 is 10.1 Å². The topological polar surface area (TPSA) is 71.2 Å². The third-order valence-corrected chi connectivity index (χ3v) is 4.47. The number of carbonyl (C=O) groups is 2. The van der Waals surface area contributed by atoms with Crippen LogP contribution in [0.4, 0.5) is 5.69 Å². The van der Waals surface area contributed by atoms with Gasteiger partial charge in [0.05, 0.1) is 17.7 Å². The Morgan fingerprint density at radius 3 is 2.67 bits per heavy atom. The predicted molar refractivity (Wildman–Crippen MR) is 92.8 cm³/mol. The lowest BCUT2D eigenvalue weighted by Gasteiger charge is -2.28. The number of fused-ring (bicyclic) bond motifs is 1. The first-order valence-electron chi connectivity index (χ1n) is 8.21. The molecule has 5 nitrogen and oxygen atoms in total. The van der Waals surface area contributed by atoms with Crippen molar-refractivity contribution in [2.75, 3.05) is 11.9 Å². The van der Waals surface area contributed by atoms with E-state index < -0.39 is 5.41 Å². The lowest BCUT2D eigenvalue weighted by atomic mass is 9.74. The number of anilines is 1. The summed E-state index contributed by atoms with van der Waals surface area (Å²) in [6.45, 7) is 6.38. The van der Waals surface area contributed by atoms with Crippen LogP contribution in [0.5, 0.6) is 5.75 Å². The number of ether oxygens (including phenoxy) is 1. The van der Waals surface area contributed by atoms with Crippen molar-refractivity contribution >= 4 is 17.4 Å². The average molecular weight is 326 g/mol. The first-order valence-corrected chi connectivity index (χ1v) is 8.21. The van der Waals surface area contributed by atoms with Gasteiger partial charge in [0.15, 0.2) is 5.78 Å². The summed E-state index contributed by atoms with van der Waals surface area (Å²) >= 11 is 0. The third-order valence-electron chi connectivity index (χ3n) is 4.47. The van der Waals surface area contributed by atoms with Crippen LogP contribution in [0, 0.1) is 5.41 Å². The van der Waals surface area contributed by atoms with Crippen molar-refractivity contribution in [1.82, 2.24) is 4.98 Å². The van der Waals surface area contributed by atoms with E-state index in [-0.39, 0.29) is 11.7 Å². The van der Waals surface area contributed by atoms with E-state index >= 15 is 0 Å². The molecule has 0 radical (unpaired) electrons. The summed E-state index contributed by atoms with van der Waals surface area (Å²) in [5.41, 5.74) is 2.05. The van der Waals surface area contributed by atoms with Gasteiger partial charge in [-0.25, -0.2) is 0 Å². The SMILES string of the molecule is CCOc1ccc(NC(=O)c2c[nH]c3c2C(=O)C(C)(C)CC3)cc1. The van der Waals surface area contributed by atoms with E-state index in [1.807, 2.05) is 20.8 Å². The fourth-order valence-corrected chi connectivity index (χ4v) is 2.99. The molecule has 5 heteroatoms. The maximum absolute atomic E-state index is 12.7. The lowest BCUT2D eigenvalue weighted by Crippen LogP contribution is -2.31. The summed E-state index contributed by atoms with van der Waals surface area (Å²) in [6.07, 6.45) is 3.21. The van der Waals surface area contributed by atoms with Gasteiger partial charge in [0.2, 0.25) is 0 Å². The number of hydrogen-bond acceptors (Lipinski definition) is 3. The lowest BCUT2D eigenvalue weighted by molar-refractivity contribution is 0.0805. The fraction of sp³-hybridized carbons (Fsp3) is 0.368. The summed E-state index contributed by atoms with van der Waals surface area (Å²) in [4.78, 5) is 28.4. The van der Waals surface area contributed by atoms with Gasteiger partial charge in [-0.1, -0.05) is 13.8 Å². The zero-order valence-electron chi connectivity index (χ0n) is 14.2. The van der Waals surface area contributed by atoms with E-state index in [0.29, 0.717) is 23.4 Å². The van der Waals surface area contributed by atoms with Crippen molar-refractivity contribution in [3.05, 3.63) is 47.3 Å². The Hall–Kier alpha value is -2.56. The second kappa shape index (κ2) is 6.15. The zero-order chi connectivity index (χ0) is 17.3. The maximum atomic E-state index is 12.7. The normalized spacial score (nSPS) is 15.7. The van der Waals surface area contributed by atoms with E-state index in [1.165, 1.54) is 0 Å². The van der Waals surface area contributed by atoms with Gasteiger partial charge >= 0.3 is 0 Å². The van der Waals surface area contributed by atoms with Crippen molar-refractivity contribution in [1.29, 1.82) is 0 Å². The Labute approximate surface area is 141 Å². The zero-order valence-corrected chi connectivity index (χ0v) is 14.2. The largest absolute Gasteiger partial charge is 0.494 e. The highest BCUT2D eigenvalue weighted by Crippen LogP contribution is 2.36. The van der Waals surface area contributed by atoms with Gasteiger partial charge in [0, 0.05) is 23.0 Å². The summed E-state index contributed by atoms with van der Waals surface area (Å²) in [5, 5.41) is 2.84. The molecule has 24 heavy (non-hydrogen) atoms. The number of carbonyl (C=O) groups excluding carboxylic acids is 2. The number of rotatable bonds is 4. The fourth-order valence-electron chi connectivity index (χ4n) is 2.99. The molecule has 2 aromatic rings. The van der Waals surface area contributed by atoms with Crippen molar-refractivity contribution < 1.29 is 14.3 Å². The molecule has 3 rings (SSSR count). The Morgan fingerprint density at radius 1 is 1.29 bits per heavy atom. The minimum Gasteiger partial charge on any atom is -0.494 e. The van der Waals surface area contributed by atoms with E-state index in [2.05, 4.69) is 10.3 Å². The highest BCUT2D eigenvalue weighted by atomic mass is 16.5. The number of H-pyrrole nitrogens is 1. The molecule has 1 aromatic heterocycles. The summed E-state index contributed by atoms with van der Waals surface area (Å²) < 4.78 is 5.39. The Balaban J connectivity index is 1.82. The molecule has 0 unspecified atom stereocenters. The van der Waals surface area contributed by atoms with Crippen LogP contribution in [0.2, 0.25) is 0 Å². The number of Topliss-reactive ketones (excluding diaryl/α,β-unsaturated/α-hetero) is 1. The molecule has 2 N–H and O–H groups in total. The standard InChI is InChI=1S/C19H22N2O3/c1-4-24-13-7-5-12(6-8-13)21-18(23)14-11-20-15-9-10-19(2,3)17(22)16(14)15/h5-8,11,20H,4,9-10H2,1-3H3,(H,21,23). The van der Waals surface area contributed by atoms with Crippen molar-refractivity contribution in [3.63, 3.8) is 0 Å². The number of aromatic nitrogens is 1. The van der Waals surface area contributed by atoms with Crippen molar-refractivity contribution in [2.24, 2.45) is 5.41 Å². The highest BCUT2D eigenvalue weighted by molar-refractivity contribution is 6.15. The van der Waals surface area contributed by atoms with Crippen LogP contribution in [0.3, 0.4) is 0 Å². The van der Waals surface area contributed by atoms with Crippen LogP contribution >= 0.6 is 0 Å². The molecule has 1 heterocycles. The van der Waals surface area contributed by atoms with Gasteiger partial charge in [-0.15, -0.1) is 0 Å². The molecule has 0 saturated heterocycles. The second-order valence-corrected chi connectivity index (χ2v) is 6.68. The molecule has 0 saturated carbocycles. The number of hydrogen-bond donors (Lipinski definition) is 2. The van der Waals surface area contributed by atoms with E-state index in [4.69, 9.17) is 4.74 Å². The molecule has 1 amide bonds. The molecule has 1 aliphatic carbocycles. The van der Waals surface area contributed by atoms with Crippen molar-refractivity contribution in [2.45, 2.75) is 33.6 Å². The molecular weight excluding hydrogens is 304 g/mol. The molecule has 0 bridgehead atoms. The van der Waals surface area contributed by atoms with Gasteiger partial charge in [-0.05, 0) is 44.0 Å². The van der Waals surface area contributed by atoms with Crippen molar-refractivity contribution in [3.8, 4) is 5.75 Å². The monoisotopic (exact) mass is 326 g/mol. The molecule has 1 aromatic carbocycles. The number of ketones is 1. The maximum Gasteiger partial charge on any atom is 0.257 e. The smallest absolute Gasteiger partial charge is 0.257 e. The molecule has 0 fully saturated rings. The van der Waals surface area contributed by atoms with Crippen LogP contribution in [0.15, 0.2) is 30.5 Å². The van der Waals surface area contributed by atoms with Crippen LogP contribution in [0.1, 0.15) is 53.6 Å². The van der Waals surface area contributed by atoms with Crippen LogP contribution in [-0.2, 0) is 6.42 Å². The predicted octanol–water partition coefficient (Wildman–Crippen LogP) is 3.82. The average Bonchev–Trinajstić information content (AvgIpc) is 2.98. The van der Waals surface area contributed by atoms with Crippen LogP contribution in [0.25, 0.3) is 0 Å². The van der Waals surface area contributed by atoms with Gasteiger partial charge in [-0.3, -0.25) is 9.59 Å². The number of aryl methyl sites for hydroxylation is 1. The molecule has 0 spiro atoms. The van der Waals surface area contributed by atoms with E-state index in [0.717, 1.165) is 24.3 Å². The minimum atomic E-state index is -0.427. The Kier molecular flexibility index (Phi) is 4.18. The van der Waals surface area contributed by atoms with Gasteiger partial charge in [0.1, 0.15) is 5.75 Å². The first-order chi connectivity index (χ1) is 11.4. The molecule has 1 aliphatic rings. The summed E-state index contributed by atoms with van der Waals surface area (Å²) in [6, 6.07) is 7.18. The molecule has 126 valence electrons. The highest BCUT2D eigenvalue weighted by Gasteiger charge is 2.37. The quantitative estimate of drug-likeness (QED) is 0.897. The van der Waals surface area contributed by atoms with E-state index in [1.54, 1.807) is 30.5 Å². The number of benzene rings is 1. The molecule has 0 atom stereocenters. The van der Waals surface area contributed by atoms with Gasteiger partial charge in [0.25, 0.3) is 5.91 Å².